The summed E-state index contributed by atoms with van der Waals surface area (Å²) >= 11 is 0. The van der Waals surface area contributed by atoms with Crippen LogP contribution in [0.1, 0.15) is 11.6 Å². The van der Waals surface area contributed by atoms with Crippen molar-refractivity contribution in [1.82, 2.24) is 5.32 Å². The van der Waals surface area contributed by atoms with Crippen LogP contribution in [0.4, 0.5) is 4.79 Å². The molecule has 0 saturated carbocycles. The van der Waals surface area contributed by atoms with Crippen LogP contribution < -0.4 is 10.1 Å². The van der Waals surface area contributed by atoms with Crippen LogP contribution in [0.5, 0.6) is 11.5 Å². The Labute approximate surface area is 86.6 Å². The van der Waals surface area contributed by atoms with E-state index >= 15 is 0 Å². The number of ether oxygens (including phenoxy) is 2. The van der Waals surface area contributed by atoms with E-state index < -0.39 is 6.09 Å². The van der Waals surface area contributed by atoms with E-state index in [0.717, 1.165) is 5.56 Å². The van der Waals surface area contributed by atoms with Crippen LogP contribution in [-0.2, 0) is 4.74 Å². The summed E-state index contributed by atoms with van der Waals surface area (Å²) in [5, 5.41) is 12.2. The summed E-state index contributed by atoms with van der Waals surface area (Å²) in [7, 11) is 1.48. The highest BCUT2D eigenvalue weighted by Gasteiger charge is 2.24. The van der Waals surface area contributed by atoms with Gasteiger partial charge in [0.2, 0.25) is 0 Å². The van der Waals surface area contributed by atoms with Gasteiger partial charge in [-0.3, -0.25) is 0 Å². The van der Waals surface area contributed by atoms with E-state index in [-0.39, 0.29) is 18.4 Å². The van der Waals surface area contributed by atoms with Crippen molar-refractivity contribution < 1.29 is 19.4 Å². The Morgan fingerprint density at radius 3 is 2.93 bits per heavy atom. The summed E-state index contributed by atoms with van der Waals surface area (Å²) in [5.41, 5.74) is 0.791. The predicted molar refractivity (Wildman–Crippen MR) is 51.9 cm³/mol. The van der Waals surface area contributed by atoms with Gasteiger partial charge in [-0.2, -0.15) is 0 Å². The van der Waals surface area contributed by atoms with E-state index in [1.54, 1.807) is 18.2 Å². The fourth-order valence-electron chi connectivity index (χ4n) is 1.49. The van der Waals surface area contributed by atoms with Gasteiger partial charge < -0.3 is 19.9 Å². The Morgan fingerprint density at radius 1 is 1.60 bits per heavy atom. The van der Waals surface area contributed by atoms with E-state index in [1.807, 2.05) is 0 Å². The number of nitrogens with one attached hydrogen (secondary N) is 1. The third kappa shape index (κ3) is 1.81. The number of methoxy groups -OCH3 is 1. The monoisotopic (exact) mass is 209 g/mol. The second-order valence-corrected chi connectivity index (χ2v) is 3.23. The molecule has 1 heterocycles. The molecule has 0 radical (unpaired) electrons. The zero-order valence-corrected chi connectivity index (χ0v) is 8.19. The molecule has 15 heavy (non-hydrogen) atoms. The molecular formula is C10H11NO4. The molecule has 1 saturated heterocycles. The van der Waals surface area contributed by atoms with E-state index in [2.05, 4.69) is 5.32 Å². The molecule has 1 fully saturated rings. The van der Waals surface area contributed by atoms with E-state index in [1.165, 1.54) is 7.11 Å². The standard InChI is InChI=1S/C10H11NO4/c1-14-9-3-2-6(4-8(9)12)7-5-15-10(13)11-7/h2-4,7,12H,5H2,1H3,(H,11,13)/t7-/m0/s1. The van der Waals surface area contributed by atoms with Gasteiger partial charge in [0.05, 0.1) is 13.2 Å². The lowest BCUT2D eigenvalue weighted by Gasteiger charge is -2.09. The Morgan fingerprint density at radius 2 is 2.40 bits per heavy atom. The van der Waals surface area contributed by atoms with Gasteiger partial charge >= 0.3 is 6.09 Å². The van der Waals surface area contributed by atoms with Gasteiger partial charge in [0.1, 0.15) is 6.61 Å². The summed E-state index contributed by atoms with van der Waals surface area (Å²) < 4.78 is 9.67. The zero-order valence-electron chi connectivity index (χ0n) is 8.19. The average molecular weight is 209 g/mol. The van der Waals surface area contributed by atoms with Crippen LogP contribution in [0.25, 0.3) is 0 Å². The molecule has 1 aromatic rings. The number of carbonyl (C=O) groups is 1. The van der Waals surface area contributed by atoms with Crippen LogP contribution in [-0.4, -0.2) is 24.9 Å². The number of cyclic esters (lactones) is 1. The predicted octanol–water partition coefficient (Wildman–Crippen LogP) is 1.18. The SMILES string of the molecule is COc1ccc([C@@H]2COC(=O)N2)cc1O. The quantitative estimate of drug-likeness (QED) is 0.767. The number of hydrogen-bond donors (Lipinski definition) is 2. The second-order valence-electron chi connectivity index (χ2n) is 3.23. The fourth-order valence-corrected chi connectivity index (χ4v) is 1.49. The van der Waals surface area contributed by atoms with Crippen molar-refractivity contribution in [3.63, 3.8) is 0 Å². The van der Waals surface area contributed by atoms with Gasteiger partial charge in [-0.1, -0.05) is 6.07 Å². The normalized spacial score (nSPS) is 19.5. The average Bonchev–Trinajstić information content (AvgIpc) is 2.65. The van der Waals surface area contributed by atoms with Crippen molar-refractivity contribution in [1.29, 1.82) is 0 Å². The van der Waals surface area contributed by atoms with Crippen molar-refractivity contribution in [2.24, 2.45) is 0 Å². The first kappa shape index (κ1) is 9.64. The number of benzene rings is 1. The maximum absolute atomic E-state index is 10.8. The Bertz CT molecular complexity index is 391. The molecule has 1 aromatic carbocycles. The fraction of sp³-hybridized carbons (Fsp3) is 0.300. The molecule has 2 N–H and O–H groups in total. The number of hydrogen-bond acceptors (Lipinski definition) is 4. The largest absolute Gasteiger partial charge is 0.504 e. The van der Waals surface area contributed by atoms with Crippen LogP contribution in [0.3, 0.4) is 0 Å². The van der Waals surface area contributed by atoms with Crippen molar-refractivity contribution in [3.8, 4) is 11.5 Å². The number of aromatic hydroxyl groups is 1. The van der Waals surface area contributed by atoms with E-state index in [0.29, 0.717) is 5.75 Å². The molecule has 0 aromatic heterocycles. The minimum absolute atomic E-state index is 0.0520. The molecule has 1 atom stereocenters. The molecule has 0 bridgehead atoms. The van der Waals surface area contributed by atoms with E-state index in [9.17, 15) is 9.90 Å². The van der Waals surface area contributed by atoms with Crippen molar-refractivity contribution >= 4 is 6.09 Å². The summed E-state index contributed by atoms with van der Waals surface area (Å²) in [4.78, 5) is 10.8. The molecular weight excluding hydrogens is 198 g/mol. The number of amides is 1. The van der Waals surface area contributed by atoms with Gasteiger partial charge in [-0.25, -0.2) is 4.79 Å². The lowest BCUT2D eigenvalue weighted by atomic mass is 10.1. The van der Waals surface area contributed by atoms with Crippen molar-refractivity contribution in [2.75, 3.05) is 13.7 Å². The summed E-state index contributed by atoms with van der Waals surface area (Å²) in [6.45, 7) is 0.282. The minimum atomic E-state index is -0.435. The number of carbonyl (C=O) groups excluding carboxylic acids is 1. The molecule has 0 spiro atoms. The van der Waals surface area contributed by atoms with Crippen molar-refractivity contribution in [3.05, 3.63) is 23.8 Å². The highest BCUT2D eigenvalue weighted by atomic mass is 16.6. The summed E-state index contributed by atoms with van der Waals surface area (Å²) in [6.07, 6.45) is -0.435. The first-order chi connectivity index (χ1) is 7.20. The number of rotatable bonds is 2. The van der Waals surface area contributed by atoms with Crippen LogP contribution in [0, 0.1) is 0 Å². The lowest BCUT2D eigenvalue weighted by molar-refractivity contribution is 0.177. The molecule has 5 heteroatoms. The Kier molecular flexibility index (Phi) is 2.37. The molecule has 0 aliphatic carbocycles. The first-order valence-corrected chi connectivity index (χ1v) is 4.51. The molecule has 1 amide bonds. The smallest absolute Gasteiger partial charge is 0.407 e. The second kappa shape index (κ2) is 3.68. The van der Waals surface area contributed by atoms with Gasteiger partial charge in [-0.15, -0.1) is 0 Å². The molecule has 0 unspecified atom stereocenters. The van der Waals surface area contributed by atoms with E-state index in [4.69, 9.17) is 9.47 Å². The number of phenolic OH excluding ortho intramolecular Hbond substituents is 1. The molecule has 1 aliphatic rings. The topological polar surface area (TPSA) is 67.8 Å². The van der Waals surface area contributed by atoms with Gasteiger partial charge in [0.25, 0.3) is 0 Å². The first-order valence-electron chi connectivity index (χ1n) is 4.51. The summed E-state index contributed by atoms with van der Waals surface area (Å²) in [6, 6.07) is 4.78. The third-order valence-corrected chi connectivity index (χ3v) is 2.28. The van der Waals surface area contributed by atoms with Gasteiger partial charge in [-0.05, 0) is 17.7 Å². The van der Waals surface area contributed by atoms with Crippen LogP contribution in [0.2, 0.25) is 0 Å². The number of alkyl carbamates (subject to hydrolysis) is 1. The summed E-state index contributed by atoms with van der Waals surface area (Å²) in [5.74, 6) is 0.458. The number of phenols is 1. The molecule has 5 nitrogen and oxygen atoms in total. The highest BCUT2D eigenvalue weighted by Crippen LogP contribution is 2.29. The third-order valence-electron chi connectivity index (χ3n) is 2.28. The Balaban J connectivity index is 2.22. The molecule has 80 valence electrons. The van der Waals surface area contributed by atoms with Crippen molar-refractivity contribution in [2.45, 2.75) is 6.04 Å². The molecule has 2 rings (SSSR count). The highest BCUT2D eigenvalue weighted by molar-refractivity contribution is 5.70. The maximum Gasteiger partial charge on any atom is 0.407 e. The maximum atomic E-state index is 10.8. The van der Waals surface area contributed by atoms with Crippen LogP contribution >= 0.6 is 0 Å². The lowest BCUT2D eigenvalue weighted by Crippen LogP contribution is -2.18. The minimum Gasteiger partial charge on any atom is -0.504 e. The molecule has 1 aliphatic heterocycles. The van der Waals surface area contributed by atoms with Gasteiger partial charge in [0.15, 0.2) is 11.5 Å². The Hall–Kier alpha value is -1.91. The zero-order chi connectivity index (χ0) is 10.8. The van der Waals surface area contributed by atoms with Gasteiger partial charge in [0, 0.05) is 0 Å². The van der Waals surface area contributed by atoms with Crippen LogP contribution in [0.15, 0.2) is 18.2 Å².